The summed E-state index contributed by atoms with van der Waals surface area (Å²) in [5.41, 5.74) is 0. The number of ketones is 1. The third-order valence-electron chi connectivity index (χ3n) is 10.4. The molecule has 0 bridgehead atoms. The van der Waals surface area contributed by atoms with Gasteiger partial charge in [0.15, 0.2) is 0 Å². The second kappa shape index (κ2) is 45.2. The number of aliphatic hydroxyl groups excluding tert-OH is 1. The summed E-state index contributed by atoms with van der Waals surface area (Å²) in [6.07, 6.45) is 39.3. The molecule has 0 radical (unpaired) electrons. The van der Waals surface area contributed by atoms with E-state index in [-0.39, 0.29) is 12.6 Å². The van der Waals surface area contributed by atoms with Gasteiger partial charge in [0.05, 0.1) is 6.61 Å². The highest BCUT2D eigenvalue weighted by molar-refractivity contribution is 5.80. The van der Waals surface area contributed by atoms with Gasteiger partial charge in [-0.05, 0) is 64.5 Å². The number of rotatable bonds is 40. The Bertz CT molecular complexity index is 680. The fraction of sp³-hybridized carbons (Fsp3) is 0.957. The lowest BCUT2D eigenvalue weighted by Gasteiger charge is -2.22. The van der Waals surface area contributed by atoms with Gasteiger partial charge in [-0.1, -0.05) is 182 Å². The van der Waals surface area contributed by atoms with E-state index in [1.54, 1.807) is 0 Å². The fourth-order valence-electron chi connectivity index (χ4n) is 6.86. The quantitative estimate of drug-likeness (QED) is 0.0503. The summed E-state index contributed by atoms with van der Waals surface area (Å²) >= 11 is 0. The van der Waals surface area contributed by atoms with E-state index in [2.05, 4.69) is 39.5 Å². The van der Waals surface area contributed by atoms with Crippen molar-refractivity contribution in [3.8, 4) is 0 Å². The van der Waals surface area contributed by atoms with Crippen molar-refractivity contribution in [2.75, 3.05) is 32.8 Å². The van der Waals surface area contributed by atoms with Crippen LogP contribution in [0.3, 0.4) is 0 Å². The fourth-order valence-corrected chi connectivity index (χ4v) is 6.86. The Balaban J connectivity index is 0. The molecule has 1 N–H and O–H groups in total. The van der Waals surface area contributed by atoms with Gasteiger partial charge in [0.1, 0.15) is 5.78 Å². The molecule has 51 heavy (non-hydrogen) atoms. The number of ether oxygens (including phenoxy) is 1. The van der Waals surface area contributed by atoms with Crippen LogP contribution in [0.25, 0.3) is 0 Å². The van der Waals surface area contributed by atoms with Crippen LogP contribution in [0.4, 0.5) is 0 Å². The molecule has 306 valence electrons. The predicted molar refractivity (Wildman–Crippen MR) is 224 cm³/mol. The van der Waals surface area contributed by atoms with Crippen LogP contribution in [0.2, 0.25) is 0 Å². The van der Waals surface area contributed by atoms with Crippen LogP contribution in [0.5, 0.6) is 0 Å². The number of aliphatic hydroxyl groups is 1. The zero-order chi connectivity index (χ0) is 37.9. The molecule has 5 nitrogen and oxygen atoms in total. The van der Waals surface area contributed by atoms with Gasteiger partial charge in [-0.2, -0.15) is 0 Å². The lowest BCUT2D eigenvalue weighted by atomic mass is 9.89. The number of unbranched alkanes of at least 4 members (excludes halogenated alkanes) is 22. The Kier molecular flexibility index (Phi) is 46.3. The van der Waals surface area contributed by atoms with Gasteiger partial charge in [0.25, 0.3) is 0 Å². The molecule has 0 saturated carbocycles. The number of hydrogen-bond acceptors (Lipinski definition) is 5. The molecular weight excluding hydrogens is 631 g/mol. The zero-order valence-corrected chi connectivity index (χ0v) is 35.6. The number of nitrogens with zero attached hydrogens (tertiary/aromatic N) is 1. The second-order valence-corrected chi connectivity index (χ2v) is 15.5. The summed E-state index contributed by atoms with van der Waals surface area (Å²) in [6, 6.07) is 0. The van der Waals surface area contributed by atoms with Crippen LogP contribution in [-0.2, 0) is 14.3 Å². The molecule has 0 rings (SSSR count). The molecule has 0 saturated heterocycles. The van der Waals surface area contributed by atoms with Crippen LogP contribution in [0.1, 0.15) is 247 Å². The van der Waals surface area contributed by atoms with Crippen molar-refractivity contribution in [2.45, 2.75) is 247 Å². The summed E-state index contributed by atoms with van der Waals surface area (Å²) < 4.78 is 5.33. The Hall–Kier alpha value is -0.940. The third-order valence-corrected chi connectivity index (χ3v) is 10.4. The molecule has 1 atom stereocenters. The minimum Gasteiger partial charge on any atom is -0.466 e. The molecule has 0 amide bonds. The molecule has 0 aliphatic rings. The molecule has 5 heteroatoms. The second-order valence-electron chi connectivity index (χ2n) is 15.5. The molecular formula is C46H93NO4. The highest BCUT2D eigenvalue weighted by Gasteiger charge is 2.17. The Morgan fingerprint density at radius 3 is 1.37 bits per heavy atom. The summed E-state index contributed by atoms with van der Waals surface area (Å²) in [5, 5.41) is 9.33. The van der Waals surface area contributed by atoms with E-state index in [9.17, 15) is 14.7 Å². The van der Waals surface area contributed by atoms with E-state index in [1.807, 2.05) is 0 Å². The normalized spacial score (nSPS) is 11.8. The molecule has 0 aliphatic heterocycles. The SMILES string of the molecule is CCCCCC.CCCCCCC(CCCC)C(=O)CCCCCCCCCCN(CCCO)CCCCCCCCCOC(=O)CCCCC. The summed E-state index contributed by atoms with van der Waals surface area (Å²) in [6.45, 7) is 15.3. The maximum absolute atomic E-state index is 12.8. The van der Waals surface area contributed by atoms with E-state index in [4.69, 9.17) is 4.74 Å². The first-order valence-electron chi connectivity index (χ1n) is 23.0. The van der Waals surface area contributed by atoms with E-state index in [1.165, 1.54) is 141 Å². The van der Waals surface area contributed by atoms with Crippen LogP contribution in [0.15, 0.2) is 0 Å². The van der Waals surface area contributed by atoms with Gasteiger partial charge in [0, 0.05) is 31.9 Å². The molecule has 0 heterocycles. The number of hydrogen-bond donors (Lipinski definition) is 1. The van der Waals surface area contributed by atoms with E-state index in [0.29, 0.717) is 24.7 Å². The zero-order valence-electron chi connectivity index (χ0n) is 35.6. The van der Waals surface area contributed by atoms with Crippen molar-refractivity contribution >= 4 is 11.8 Å². The molecule has 0 fully saturated rings. The average Bonchev–Trinajstić information content (AvgIpc) is 3.13. The Morgan fingerprint density at radius 2 is 0.843 bits per heavy atom. The van der Waals surface area contributed by atoms with Crippen LogP contribution in [-0.4, -0.2) is 54.6 Å². The first kappa shape index (κ1) is 52.2. The Morgan fingerprint density at radius 1 is 0.451 bits per heavy atom. The largest absolute Gasteiger partial charge is 0.466 e. The smallest absolute Gasteiger partial charge is 0.305 e. The van der Waals surface area contributed by atoms with Crippen molar-refractivity contribution in [3.63, 3.8) is 0 Å². The van der Waals surface area contributed by atoms with Gasteiger partial charge < -0.3 is 14.7 Å². The predicted octanol–water partition coefficient (Wildman–Crippen LogP) is 14.0. The van der Waals surface area contributed by atoms with Crippen LogP contribution in [0, 0.1) is 5.92 Å². The average molecular weight is 724 g/mol. The maximum Gasteiger partial charge on any atom is 0.305 e. The lowest BCUT2D eigenvalue weighted by molar-refractivity contribution is -0.143. The van der Waals surface area contributed by atoms with E-state index < -0.39 is 0 Å². The molecule has 0 spiro atoms. The maximum atomic E-state index is 12.8. The molecule has 0 aromatic rings. The van der Waals surface area contributed by atoms with E-state index in [0.717, 1.165) is 83.8 Å². The molecule has 0 aliphatic carbocycles. The number of esters is 1. The summed E-state index contributed by atoms with van der Waals surface area (Å²) in [5.74, 6) is 0.859. The first-order valence-corrected chi connectivity index (χ1v) is 23.0. The monoisotopic (exact) mass is 724 g/mol. The van der Waals surface area contributed by atoms with Crippen molar-refractivity contribution in [1.29, 1.82) is 0 Å². The highest BCUT2D eigenvalue weighted by Crippen LogP contribution is 2.21. The first-order chi connectivity index (χ1) is 25.0. The number of carbonyl (C=O) groups is 2. The summed E-state index contributed by atoms with van der Waals surface area (Å²) in [7, 11) is 0. The molecule has 0 aromatic heterocycles. The van der Waals surface area contributed by atoms with Gasteiger partial charge >= 0.3 is 5.97 Å². The van der Waals surface area contributed by atoms with Gasteiger partial charge in [-0.3, -0.25) is 9.59 Å². The van der Waals surface area contributed by atoms with Crippen LogP contribution < -0.4 is 0 Å². The minimum atomic E-state index is -0.0240. The third kappa shape index (κ3) is 41.7. The highest BCUT2D eigenvalue weighted by atomic mass is 16.5. The standard InChI is InChI=1S/C40H79NO4.C6H14/c1-4-7-10-23-30-38(29-9-6-3)39(43)31-24-18-14-11-12-15-19-25-33-41(35-28-36-42)34-26-20-16-13-17-21-27-37-45-40(44)32-22-8-5-2;1-3-5-6-4-2/h38,42H,4-37H2,1-3H3;3-6H2,1-2H3. The van der Waals surface area contributed by atoms with Gasteiger partial charge in [0.2, 0.25) is 0 Å². The number of carbonyl (C=O) groups excluding carboxylic acids is 2. The minimum absolute atomic E-state index is 0.0240. The topological polar surface area (TPSA) is 66.8 Å². The lowest BCUT2D eigenvalue weighted by Crippen LogP contribution is -2.27. The van der Waals surface area contributed by atoms with Gasteiger partial charge in [-0.15, -0.1) is 0 Å². The Labute approximate surface area is 320 Å². The van der Waals surface area contributed by atoms with Crippen molar-refractivity contribution in [1.82, 2.24) is 4.90 Å². The summed E-state index contributed by atoms with van der Waals surface area (Å²) in [4.78, 5) is 27.0. The van der Waals surface area contributed by atoms with Crippen molar-refractivity contribution in [2.24, 2.45) is 5.92 Å². The number of Topliss-reactive ketones (excluding diaryl/α,β-unsaturated/α-hetero) is 1. The van der Waals surface area contributed by atoms with E-state index >= 15 is 0 Å². The molecule has 1 unspecified atom stereocenters. The molecule has 0 aromatic carbocycles. The van der Waals surface area contributed by atoms with Crippen LogP contribution >= 0.6 is 0 Å². The van der Waals surface area contributed by atoms with Crippen molar-refractivity contribution < 1.29 is 19.4 Å². The van der Waals surface area contributed by atoms with Crippen molar-refractivity contribution in [3.05, 3.63) is 0 Å². The van der Waals surface area contributed by atoms with Gasteiger partial charge in [-0.25, -0.2) is 0 Å².